The molecule has 5 heteroatoms. The van der Waals surface area contributed by atoms with E-state index in [-0.39, 0.29) is 0 Å². The summed E-state index contributed by atoms with van der Waals surface area (Å²) in [7, 11) is 0. The molecular weight excluding hydrogens is 198 g/mol. The van der Waals surface area contributed by atoms with E-state index < -0.39 is 0 Å². The van der Waals surface area contributed by atoms with Gasteiger partial charge in [-0.2, -0.15) is 0 Å². The fourth-order valence-corrected chi connectivity index (χ4v) is 2.01. The maximum absolute atomic E-state index is 10.6. The number of aromatic nitrogens is 3. The summed E-state index contributed by atoms with van der Waals surface area (Å²) in [6.45, 7) is 2.63. The van der Waals surface area contributed by atoms with Crippen LogP contribution in [0.1, 0.15) is 20.5 Å². The van der Waals surface area contributed by atoms with Gasteiger partial charge in [0.15, 0.2) is 12.1 Å². The molecule has 0 aromatic carbocycles. The highest BCUT2D eigenvalue weighted by Crippen LogP contribution is 2.13. The molecule has 0 saturated heterocycles. The highest BCUT2D eigenvalue weighted by molar-refractivity contribution is 7.11. The van der Waals surface area contributed by atoms with Crippen LogP contribution < -0.4 is 0 Å². The minimum Gasteiger partial charge on any atom is -0.323 e. The summed E-state index contributed by atoms with van der Waals surface area (Å²) in [6.07, 6.45) is 6.00. The Labute approximate surface area is 85.2 Å². The van der Waals surface area contributed by atoms with E-state index in [1.165, 1.54) is 0 Å². The third kappa shape index (κ3) is 1.72. The second kappa shape index (κ2) is 3.71. The second-order valence-corrected chi connectivity index (χ2v) is 4.20. The van der Waals surface area contributed by atoms with E-state index in [0.29, 0.717) is 12.4 Å². The van der Waals surface area contributed by atoms with Crippen LogP contribution in [0.15, 0.2) is 18.6 Å². The molecule has 0 unspecified atom stereocenters. The van der Waals surface area contributed by atoms with Gasteiger partial charge in [0.2, 0.25) is 0 Å². The summed E-state index contributed by atoms with van der Waals surface area (Å²) in [5.74, 6) is 0.455. The molecule has 2 rings (SSSR count). The van der Waals surface area contributed by atoms with Crippen LogP contribution in [0.3, 0.4) is 0 Å². The molecule has 0 aliphatic heterocycles. The Bertz CT molecular complexity index is 446. The molecule has 0 radical (unpaired) electrons. The Morgan fingerprint density at radius 1 is 1.57 bits per heavy atom. The average Bonchev–Trinajstić information content (AvgIpc) is 2.76. The van der Waals surface area contributed by atoms with E-state index in [9.17, 15) is 4.79 Å². The van der Waals surface area contributed by atoms with Crippen molar-refractivity contribution in [2.24, 2.45) is 0 Å². The van der Waals surface area contributed by atoms with E-state index >= 15 is 0 Å². The average molecular weight is 207 g/mol. The Hall–Kier alpha value is -1.49. The maximum atomic E-state index is 10.6. The van der Waals surface area contributed by atoms with Gasteiger partial charge < -0.3 is 4.57 Å². The first-order chi connectivity index (χ1) is 6.79. The molecule has 4 nitrogen and oxygen atoms in total. The lowest BCUT2D eigenvalue weighted by molar-refractivity contribution is 0.111. The van der Waals surface area contributed by atoms with Crippen LogP contribution in [-0.2, 0) is 6.54 Å². The first-order valence-corrected chi connectivity index (χ1v) is 4.99. The molecule has 0 saturated carbocycles. The van der Waals surface area contributed by atoms with Crippen LogP contribution in [0.25, 0.3) is 0 Å². The van der Waals surface area contributed by atoms with Gasteiger partial charge in [0.1, 0.15) is 0 Å². The van der Waals surface area contributed by atoms with Gasteiger partial charge in [-0.05, 0) is 6.92 Å². The van der Waals surface area contributed by atoms with Gasteiger partial charge in [0.25, 0.3) is 0 Å². The lowest BCUT2D eigenvalue weighted by atomic mass is 10.5. The van der Waals surface area contributed by atoms with Crippen LogP contribution in [0, 0.1) is 6.92 Å². The second-order valence-electron chi connectivity index (χ2n) is 2.88. The third-order valence-electron chi connectivity index (χ3n) is 1.85. The standard InChI is InChI=1S/C9H9N3OS/c1-7-11-4-8(14-7)5-12-3-2-10-9(12)6-13/h2-4,6H,5H2,1H3. The Kier molecular flexibility index (Phi) is 2.41. The number of thiazole rings is 1. The van der Waals surface area contributed by atoms with Crippen LogP contribution in [0.4, 0.5) is 0 Å². The summed E-state index contributed by atoms with van der Waals surface area (Å²) >= 11 is 1.63. The number of nitrogens with zero attached hydrogens (tertiary/aromatic N) is 3. The minimum absolute atomic E-state index is 0.455. The van der Waals surface area contributed by atoms with Crippen molar-refractivity contribution in [3.63, 3.8) is 0 Å². The number of rotatable bonds is 3. The molecule has 0 N–H and O–H groups in total. The zero-order valence-corrected chi connectivity index (χ0v) is 8.49. The molecule has 2 heterocycles. The van der Waals surface area contributed by atoms with E-state index in [2.05, 4.69) is 9.97 Å². The zero-order chi connectivity index (χ0) is 9.97. The number of aryl methyl sites for hydroxylation is 1. The molecule has 0 bridgehead atoms. The molecule has 0 spiro atoms. The summed E-state index contributed by atoms with van der Waals surface area (Å²) in [6, 6.07) is 0. The van der Waals surface area contributed by atoms with Gasteiger partial charge in [-0.3, -0.25) is 4.79 Å². The van der Waals surface area contributed by atoms with Gasteiger partial charge in [0.05, 0.1) is 11.6 Å². The number of hydrogen-bond donors (Lipinski definition) is 0. The highest BCUT2D eigenvalue weighted by atomic mass is 32.1. The number of imidazole rings is 1. The van der Waals surface area contributed by atoms with Gasteiger partial charge >= 0.3 is 0 Å². The van der Waals surface area contributed by atoms with Crippen molar-refractivity contribution in [2.75, 3.05) is 0 Å². The van der Waals surface area contributed by atoms with Crippen molar-refractivity contribution in [2.45, 2.75) is 13.5 Å². The molecule has 0 fully saturated rings. The summed E-state index contributed by atoms with van der Waals surface area (Å²) in [5.41, 5.74) is 0. The summed E-state index contributed by atoms with van der Waals surface area (Å²) < 4.78 is 1.81. The topological polar surface area (TPSA) is 47.8 Å². The molecule has 2 aromatic rings. The molecular formula is C9H9N3OS. The predicted octanol–water partition coefficient (Wildman–Crippen LogP) is 1.51. The number of carbonyl (C=O) groups excluding carboxylic acids is 1. The molecule has 2 aromatic heterocycles. The van der Waals surface area contributed by atoms with Crippen LogP contribution in [0.2, 0.25) is 0 Å². The first-order valence-electron chi connectivity index (χ1n) is 4.17. The maximum Gasteiger partial charge on any atom is 0.185 e. The van der Waals surface area contributed by atoms with Gasteiger partial charge in [0, 0.05) is 23.5 Å². The SMILES string of the molecule is Cc1ncc(Cn2ccnc2C=O)s1. The Morgan fingerprint density at radius 2 is 2.43 bits per heavy atom. The van der Waals surface area contributed by atoms with Gasteiger partial charge in [-0.1, -0.05) is 0 Å². The largest absolute Gasteiger partial charge is 0.323 e. The molecule has 0 amide bonds. The fraction of sp³-hybridized carbons (Fsp3) is 0.222. The molecule has 14 heavy (non-hydrogen) atoms. The molecule has 0 aliphatic carbocycles. The van der Waals surface area contributed by atoms with Crippen molar-refractivity contribution in [3.05, 3.63) is 34.3 Å². The summed E-state index contributed by atoms with van der Waals surface area (Å²) in [4.78, 5) is 19.8. The fourth-order valence-electron chi connectivity index (χ4n) is 1.22. The van der Waals surface area contributed by atoms with Crippen molar-refractivity contribution in [3.8, 4) is 0 Å². The van der Waals surface area contributed by atoms with Gasteiger partial charge in [-0.15, -0.1) is 11.3 Å². The molecule has 0 atom stereocenters. The Balaban J connectivity index is 2.22. The smallest absolute Gasteiger partial charge is 0.185 e. The van der Waals surface area contributed by atoms with Crippen molar-refractivity contribution < 1.29 is 4.79 Å². The van der Waals surface area contributed by atoms with E-state index in [1.807, 2.05) is 13.1 Å². The lowest BCUT2D eigenvalue weighted by Gasteiger charge is -1.99. The van der Waals surface area contributed by atoms with Crippen molar-refractivity contribution in [1.29, 1.82) is 0 Å². The lowest BCUT2D eigenvalue weighted by Crippen LogP contribution is -2.01. The molecule has 72 valence electrons. The number of hydrogen-bond acceptors (Lipinski definition) is 4. The zero-order valence-electron chi connectivity index (χ0n) is 7.67. The highest BCUT2D eigenvalue weighted by Gasteiger charge is 2.03. The monoisotopic (exact) mass is 207 g/mol. The summed E-state index contributed by atoms with van der Waals surface area (Å²) in [5, 5.41) is 1.03. The third-order valence-corrected chi connectivity index (χ3v) is 2.75. The van der Waals surface area contributed by atoms with E-state index in [0.717, 1.165) is 16.2 Å². The van der Waals surface area contributed by atoms with Crippen molar-refractivity contribution >= 4 is 17.6 Å². The normalized spacial score (nSPS) is 10.4. The van der Waals surface area contributed by atoms with Gasteiger partial charge in [-0.25, -0.2) is 9.97 Å². The molecule has 0 aliphatic rings. The first kappa shape index (κ1) is 9.08. The predicted molar refractivity (Wildman–Crippen MR) is 53.6 cm³/mol. The Morgan fingerprint density at radius 3 is 3.07 bits per heavy atom. The van der Waals surface area contributed by atoms with Crippen molar-refractivity contribution in [1.82, 2.24) is 14.5 Å². The van der Waals surface area contributed by atoms with E-state index in [1.54, 1.807) is 28.3 Å². The van der Waals surface area contributed by atoms with E-state index in [4.69, 9.17) is 0 Å². The minimum atomic E-state index is 0.455. The van der Waals surface area contributed by atoms with Crippen LogP contribution in [0.5, 0.6) is 0 Å². The number of carbonyl (C=O) groups is 1. The van der Waals surface area contributed by atoms with Crippen LogP contribution >= 0.6 is 11.3 Å². The van der Waals surface area contributed by atoms with Crippen LogP contribution in [-0.4, -0.2) is 20.8 Å². The quantitative estimate of drug-likeness (QED) is 0.717. The number of aldehydes is 1.